The standard InChI is InChI=1S/C15H19N3OS2/c1-8(2)13-17-14(20-7-11(16)19)12-9-5-3-4-6-10(9)21-15(12)18-13/h8H,3-7H2,1-2H3,(H2,16,19). The highest BCUT2D eigenvalue weighted by molar-refractivity contribution is 8.00. The minimum absolute atomic E-state index is 0.272. The third-order valence-corrected chi connectivity index (χ3v) is 5.85. The summed E-state index contributed by atoms with van der Waals surface area (Å²) in [6.07, 6.45) is 4.73. The zero-order chi connectivity index (χ0) is 15.0. The molecule has 0 aromatic carbocycles. The van der Waals surface area contributed by atoms with Gasteiger partial charge in [0.2, 0.25) is 5.91 Å². The molecule has 2 heterocycles. The molecule has 0 spiro atoms. The summed E-state index contributed by atoms with van der Waals surface area (Å²) in [6, 6.07) is 0. The Labute approximate surface area is 132 Å². The number of carbonyl (C=O) groups is 1. The van der Waals surface area contributed by atoms with Crippen LogP contribution >= 0.6 is 23.1 Å². The molecule has 0 radical (unpaired) electrons. The van der Waals surface area contributed by atoms with E-state index in [1.54, 1.807) is 11.3 Å². The Morgan fingerprint density at radius 3 is 2.81 bits per heavy atom. The number of primary amides is 1. The summed E-state index contributed by atoms with van der Waals surface area (Å²) < 4.78 is 0. The van der Waals surface area contributed by atoms with Crippen LogP contribution in [0.5, 0.6) is 0 Å². The highest BCUT2D eigenvalue weighted by atomic mass is 32.2. The molecule has 112 valence electrons. The number of rotatable bonds is 4. The van der Waals surface area contributed by atoms with Gasteiger partial charge >= 0.3 is 0 Å². The maximum atomic E-state index is 11.1. The van der Waals surface area contributed by atoms with Gasteiger partial charge in [-0.25, -0.2) is 9.97 Å². The molecule has 0 unspecified atom stereocenters. The van der Waals surface area contributed by atoms with Crippen LogP contribution < -0.4 is 5.73 Å². The number of carbonyl (C=O) groups excluding carboxylic acids is 1. The highest BCUT2D eigenvalue weighted by Gasteiger charge is 2.22. The molecule has 0 aliphatic heterocycles. The van der Waals surface area contributed by atoms with Crippen molar-refractivity contribution in [3.05, 3.63) is 16.3 Å². The van der Waals surface area contributed by atoms with E-state index < -0.39 is 0 Å². The van der Waals surface area contributed by atoms with Crippen molar-refractivity contribution in [2.24, 2.45) is 5.73 Å². The van der Waals surface area contributed by atoms with Crippen LogP contribution in [-0.4, -0.2) is 21.6 Å². The van der Waals surface area contributed by atoms with E-state index >= 15 is 0 Å². The number of nitrogens with two attached hydrogens (primary N) is 1. The quantitative estimate of drug-likeness (QED) is 0.693. The summed E-state index contributed by atoms with van der Waals surface area (Å²) in [5.74, 6) is 1.10. The van der Waals surface area contributed by atoms with Crippen molar-refractivity contribution in [2.75, 3.05) is 5.75 Å². The summed E-state index contributed by atoms with van der Waals surface area (Å²) >= 11 is 3.25. The number of amides is 1. The van der Waals surface area contributed by atoms with Gasteiger partial charge < -0.3 is 5.73 Å². The SMILES string of the molecule is CC(C)c1nc(SCC(N)=O)c2c3c(sc2n1)CCCC3. The average Bonchev–Trinajstić information content (AvgIpc) is 2.82. The smallest absolute Gasteiger partial charge is 0.227 e. The van der Waals surface area contributed by atoms with Crippen LogP contribution in [-0.2, 0) is 17.6 Å². The summed E-state index contributed by atoms with van der Waals surface area (Å²) in [5, 5.41) is 2.10. The molecule has 0 saturated carbocycles. The van der Waals surface area contributed by atoms with Gasteiger partial charge in [-0.15, -0.1) is 11.3 Å². The van der Waals surface area contributed by atoms with Crippen LogP contribution in [0.15, 0.2) is 5.03 Å². The van der Waals surface area contributed by atoms with Gasteiger partial charge in [0.25, 0.3) is 0 Å². The lowest BCUT2D eigenvalue weighted by Gasteiger charge is -2.12. The average molecular weight is 321 g/mol. The monoisotopic (exact) mass is 321 g/mol. The fraction of sp³-hybridized carbons (Fsp3) is 0.533. The van der Waals surface area contributed by atoms with Gasteiger partial charge in [-0.05, 0) is 31.2 Å². The summed E-state index contributed by atoms with van der Waals surface area (Å²) in [4.78, 5) is 23.1. The summed E-state index contributed by atoms with van der Waals surface area (Å²) in [7, 11) is 0. The molecule has 0 bridgehead atoms. The van der Waals surface area contributed by atoms with Gasteiger partial charge in [-0.3, -0.25) is 4.79 Å². The Kier molecular flexibility index (Phi) is 4.17. The molecule has 1 aliphatic rings. The van der Waals surface area contributed by atoms with Crippen LogP contribution in [0.4, 0.5) is 0 Å². The Morgan fingerprint density at radius 1 is 1.33 bits per heavy atom. The molecule has 0 atom stereocenters. The first kappa shape index (κ1) is 14.8. The van der Waals surface area contributed by atoms with Gasteiger partial charge in [0.1, 0.15) is 15.7 Å². The van der Waals surface area contributed by atoms with E-state index in [2.05, 4.69) is 13.8 Å². The van der Waals surface area contributed by atoms with Gasteiger partial charge in [-0.2, -0.15) is 0 Å². The summed E-state index contributed by atoms with van der Waals surface area (Å²) in [6.45, 7) is 4.19. The second-order valence-corrected chi connectivity index (χ2v) is 7.74. The van der Waals surface area contributed by atoms with E-state index in [-0.39, 0.29) is 17.6 Å². The number of fused-ring (bicyclic) bond motifs is 3. The highest BCUT2D eigenvalue weighted by Crippen LogP contribution is 2.40. The van der Waals surface area contributed by atoms with Crippen molar-refractivity contribution in [1.82, 2.24) is 9.97 Å². The number of hydrogen-bond donors (Lipinski definition) is 1. The number of thioether (sulfide) groups is 1. The number of thiophene rings is 1. The molecule has 1 amide bonds. The molecule has 1 aliphatic carbocycles. The predicted molar refractivity (Wildman–Crippen MR) is 88.1 cm³/mol. The van der Waals surface area contributed by atoms with Crippen LogP contribution in [0.2, 0.25) is 0 Å². The predicted octanol–water partition coefficient (Wildman–Crippen LogP) is 3.27. The van der Waals surface area contributed by atoms with Gasteiger partial charge in [0.05, 0.1) is 5.75 Å². The summed E-state index contributed by atoms with van der Waals surface area (Å²) in [5.41, 5.74) is 6.70. The molecule has 21 heavy (non-hydrogen) atoms. The molecule has 2 N–H and O–H groups in total. The van der Waals surface area contributed by atoms with Crippen molar-refractivity contribution >= 4 is 39.2 Å². The first-order valence-electron chi connectivity index (χ1n) is 7.29. The van der Waals surface area contributed by atoms with Crippen molar-refractivity contribution < 1.29 is 4.79 Å². The molecular formula is C15H19N3OS2. The van der Waals surface area contributed by atoms with Crippen LogP contribution in [0.3, 0.4) is 0 Å². The van der Waals surface area contributed by atoms with E-state index in [9.17, 15) is 4.79 Å². The fourth-order valence-corrected chi connectivity index (χ4v) is 4.78. The Bertz CT molecular complexity index is 694. The third-order valence-electron chi connectivity index (χ3n) is 3.67. The van der Waals surface area contributed by atoms with E-state index in [1.807, 2.05) is 0 Å². The van der Waals surface area contributed by atoms with Crippen molar-refractivity contribution in [3.63, 3.8) is 0 Å². The molecule has 2 aromatic rings. The molecule has 0 saturated heterocycles. The molecule has 6 heteroatoms. The Morgan fingerprint density at radius 2 is 2.10 bits per heavy atom. The lowest BCUT2D eigenvalue weighted by molar-refractivity contribution is -0.115. The molecule has 3 rings (SSSR count). The first-order valence-corrected chi connectivity index (χ1v) is 9.09. The zero-order valence-electron chi connectivity index (χ0n) is 12.3. The van der Waals surface area contributed by atoms with Crippen LogP contribution in [0.25, 0.3) is 10.2 Å². The van der Waals surface area contributed by atoms with E-state index in [4.69, 9.17) is 15.7 Å². The minimum atomic E-state index is -0.304. The van der Waals surface area contributed by atoms with E-state index in [0.717, 1.165) is 28.5 Å². The van der Waals surface area contributed by atoms with Gasteiger partial charge in [0, 0.05) is 16.2 Å². The number of nitrogens with zero attached hydrogens (tertiary/aromatic N) is 2. The number of aromatic nitrogens is 2. The van der Waals surface area contributed by atoms with Crippen LogP contribution in [0.1, 0.15) is 48.9 Å². The maximum Gasteiger partial charge on any atom is 0.227 e. The Hall–Kier alpha value is -1.14. The molecular weight excluding hydrogens is 302 g/mol. The zero-order valence-corrected chi connectivity index (χ0v) is 13.9. The largest absolute Gasteiger partial charge is 0.369 e. The second-order valence-electron chi connectivity index (χ2n) is 5.69. The lowest BCUT2D eigenvalue weighted by Crippen LogP contribution is -2.13. The van der Waals surface area contributed by atoms with Crippen molar-refractivity contribution in [3.8, 4) is 0 Å². The van der Waals surface area contributed by atoms with Gasteiger partial charge in [-0.1, -0.05) is 25.6 Å². The van der Waals surface area contributed by atoms with Crippen LogP contribution in [0, 0.1) is 0 Å². The van der Waals surface area contributed by atoms with E-state index in [1.165, 1.54) is 40.4 Å². The fourth-order valence-electron chi connectivity index (χ4n) is 2.64. The number of aryl methyl sites for hydroxylation is 2. The first-order chi connectivity index (χ1) is 10.1. The molecule has 2 aromatic heterocycles. The molecule has 0 fully saturated rings. The maximum absolute atomic E-state index is 11.1. The van der Waals surface area contributed by atoms with Gasteiger partial charge in [0.15, 0.2) is 0 Å². The van der Waals surface area contributed by atoms with Crippen molar-refractivity contribution in [2.45, 2.75) is 50.5 Å². The third kappa shape index (κ3) is 2.92. The normalized spacial score (nSPS) is 14.6. The number of hydrogen-bond acceptors (Lipinski definition) is 5. The van der Waals surface area contributed by atoms with Crippen molar-refractivity contribution in [1.29, 1.82) is 0 Å². The topological polar surface area (TPSA) is 68.9 Å². The van der Waals surface area contributed by atoms with E-state index in [0.29, 0.717) is 0 Å². The second kappa shape index (κ2) is 5.93. The lowest BCUT2D eigenvalue weighted by atomic mass is 9.97. The Balaban J connectivity index is 2.15. The minimum Gasteiger partial charge on any atom is -0.369 e. The molecule has 4 nitrogen and oxygen atoms in total.